The summed E-state index contributed by atoms with van der Waals surface area (Å²) in [6.07, 6.45) is 4.72. The smallest absolute Gasteiger partial charge is 0.159 e. The Kier molecular flexibility index (Phi) is 3.78. The van der Waals surface area contributed by atoms with E-state index in [1.807, 2.05) is 13.0 Å². The van der Waals surface area contributed by atoms with Gasteiger partial charge in [0.2, 0.25) is 0 Å². The Hall–Kier alpha value is -1.36. The van der Waals surface area contributed by atoms with E-state index in [1.54, 1.807) is 6.07 Å². The van der Waals surface area contributed by atoms with Crippen LogP contribution in [0.25, 0.3) is 5.57 Å². The molecule has 1 aromatic carbocycles. The molecule has 5 heteroatoms. The number of hydrogen-bond acceptors (Lipinski definition) is 3. The van der Waals surface area contributed by atoms with Crippen molar-refractivity contribution in [3.8, 4) is 5.75 Å². The fourth-order valence-corrected chi connectivity index (χ4v) is 5.54. The highest BCUT2D eigenvalue weighted by molar-refractivity contribution is 7.93. The minimum absolute atomic E-state index is 0.296. The first kappa shape index (κ1) is 14.6. The molecule has 2 aliphatic heterocycles. The van der Waals surface area contributed by atoms with Gasteiger partial charge in [-0.15, -0.1) is 0 Å². The quantitative estimate of drug-likeness (QED) is 0.860. The van der Waals surface area contributed by atoms with Crippen LogP contribution in [0.3, 0.4) is 0 Å². The summed E-state index contributed by atoms with van der Waals surface area (Å²) < 4.78 is 43.5. The van der Waals surface area contributed by atoms with Crippen LogP contribution in [0, 0.1) is 5.82 Å². The van der Waals surface area contributed by atoms with Crippen LogP contribution in [0.1, 0.15) is 38.2 Å². The van der Waals surface area contributed by atoms with Gasteiger partial charge in [0.05, 0.1) is 17.1 Å². The molecular formula is C16H19FO3S. The molecule has 0 N–H and O–H groups in total. The average Bonchev–Trinajstić information content (AvgIpc) is 2.38. The van der Waals surface area contributed by atoms with Gasteiger partial charge in [-0.25, -0.2) is 12.8 Å². The van der Waals surface area contributed by atoms with Gasteiger partial charge in [-0.05, 0) is 43.9 Å². The number of benzene rings is 1. The maximum atomic E-state index is 13.4. The molecule has 1 fully saturated rings. The van der Waals surface area contributed by atoms with Gasteiger partial charge in [0.15, 0.2) is 9.84 Å². The molecule has 2 atom stereocenters. The maximum Gasteiger partial charge on any atom is 0.159 e. The van der Waals surface area contributed by atoms with E-state index < -0.39 is 9.84 Å². The number of allylic oxidation sites excluding steroid dienone is 1. The second-order valence-electron chi connectivity index (χ2n) is 5.65. The Morgan fingerprint density at radius 1 is 1.33 bits per heavy atom. The van der Waals surface area contributed by atoms with E-state index in [0.29, 0.717) is 25.2 Å². The molecule has 0 aromatic heterocycles. The van der Waals surface area contributed by atoms with Crippen LogP contribution in [-0.2, 0) is 9.84 Å². The van der Waals surface area contributed by atoms with Gasteiger partial charge in [-0.1, -0.05) is 12.5 Å². The molecule has 0 amide bonds. The summed E-state index contributed by atoms with van der Waals surface area (Å²) in [6.45, 7) is 2.30. The van der Waals surface area contributed by atoms with Gasteiger partial charge in [0.25, 0.3) is 0 Å². The predicted molar refractivity (Wildman–Crippen MR) is 80.5 cm³/mol. The Bertz CT molecular complexity index is 679. The lowest BCUT2D eigenvalue weighted by atomic mass is 9.93. The summed E-state index contributed by atoms with van der Waals surface area (Å²) in [4.78, 5) is 0. The molecule has 2 bridgehead atoms. The summed E-state index contributed by atoms with van der Waals surface area (Å²) in [5, 5.41) is -0.685. The van der Waals surface area contributed by atoms with Crippen LogP contribution < -0.4 is 4.74 Å². The third-order valence-electron chi connectivity index (χ3n) is 4.33. The molecule has 1 saturated heterocycles. The van der Waals surface area contributed by atoms with Crippen LogP contribution in [0.5, 0.6) is 5.75 Å². The van der Waals surface area contributed by atoms with Crippen LogP contribution in [-0.4, -0.2) is 25.5 Å². The SMILES string of the molecule is CCOc1cc(F)ccc1C1=CC2CCCC(C1)S2(=O)=O. The Balaban J connectivity index is 2.04. The van der Waals surface area contributed by atoms with E-state index in [-0.39, 0.29) is 16.3 Å². The number of halogens is 1. The second kappa shape index (κ2) is 5.44. The predicted octanol–water partition coefficient (Wildman–Crippen LogP) is 3.35. The summed E-state index contributed by atoms with van der Waals surface area (Å²) in [5.41, 5.74) is 1.80. The molecule has 114 valence electrons. The molecule has 0 saturated carbocycles. The van der Waals surface area contributed by atoms with Gasteiger partial charge < -0.3 is 4.74 Å². The zero-order valence-corrected chi connectivity index (χ0v) is 12.8. The van der Waals surface area contributed by atoms with Crippen molar-refractivity contribution in [2.75, 3.05) is 6.61 Å². The Labute approximate surface area is 124 Å². The van der Waals surface area contributed by atoms with E-state index in [1.165, 1.54) is 12.1 Å². The number of sulfone groups is 1. The molecule has 0 radical (unpaired) electrons. The molecule has 0 spiro atoms. The van der Waals surface area contributed by atoms with E-state index in [4.69, 9.17) is 4.74 Å². The van der Waals surface area contributed by atoms with Crippen molar-refractivity contribution in [1.29, 1.82) is 0 Å². The standard InChI is InChI=1S/C16H19FO3S/c1-2-20-16-10-12(17)6-7-15(16)11-8-13-4-3-5-14(9-11)21(13,18)19/h6-8,10,13-14H,2-5,9H2,1H3. The Morgan fingerprint density at radius 2 is 2.14 bits per heavy atom. The van der Waals surface area contributed by atoms with E-state index in [9.17, 15) is 12.8 Å². The summed E-state index contributed by atoms with van der Waals surface area (Å²) in [5.74, 6) is 0.160. The molecule has 3 nitrogen and oxygen atoms in total. The van der Waals surface area contributed by atoms with Crippen molar-refractivity contribution in [1.82, 2.24) is 0 Å². The van der Waals surface area contributed by atoms with E-state index in [0.717, 1.165) is 24.0 Å². The van der Waals surface area contributed by atoms with Crippen molar-refractivity contribution in [3.05, 3.63) is 35.7 Å². The van der Waals surface area contributed by atoms with Crippen LogP contribution >= 0.6 is 0 Å². The molecule has 0 aliphatic carbocycles. The van der Waals surface area contributed by atoms with Crippen LogP contribution in [0.2, 0.25) is 0 Å². The highest BCUT2D eigenvalue weighted by Gasteiger charge is 2.40. The zero-order chi connectivity index (χ0) is 15.0. The fraction of sp³-hybridized carbons (Fsp3) is 0.500. The topological polar surface area (TPSA) is 43.4 Å². The highest BCUT2D eigenvalue weighted by Crippen LogP contribution is 2.41. The van der Waals surface area contributed by atoms with Crippen molar-refractivity contribution >= 4 is 15.4 Å². The van der Waals surface area contributed by atoms with Crippen molar-refractivity contribution in [3.63, 3.8) is 0 Å². The lowest BCUT2D eigenvalue weighted by Crippen LogP contribution is -2.38. The number of ether oxygens (including phenoxy) is 1. The molecule has 2 aliphatic rings. The lowest BCUT2D eigenvalue weighted by Gasteiger charge is -2.33. The molecule has 2 unspecified atom stereocenters. The van der Waals surface area contributed by atoms with Gasteiger partial charge in [-0.3, -0.25) is 0 Å². The first-order valence-electron chi connectivity index (χ1n) is 7.38. The summed E-state index contributed by atoms with van der Waals surface area (Å²) in [6, 6.07) is 4.47. The van der Waals surface area contributed by atoms with E-state index >= 15 is 0 Å². The summed E-state index contributed by atoms with van der Waals surface area (Å²) in [7, 11) is -3.03. The van der Waals surface area contributed by atoms with Crippen LogP contribution in [0.15, 0.2) is 24.3 Å². The van der Waals surface area contributed by atoms with Gasteiger partial charge in [0, 0.05) is 11.6 Å². The largest absolute Gasteiger partial charge is 0.493 e. The highest BCUT2D eigenvalue weighted by atomic mass is 32.2. The molecule has 2 heterocycles. The van der Waals surface area contributed by atoms with E-state index in [2.05, 4.69) is 0 Å². The lowest BCUT2D eigenvalue weighted by molar-refractivity contribution is 0.337. The van der Waals surface area contributed by atoms with Crippen molar-refractivity contribution in [2.24, 2.45) is 0 Å². The van der Waals surface area contributed by atoms with Crippen LogP contribution in [0.4, 0.5) is 4.39 Å². The second-order valence-corrected chi connectivity index (χ2v) is 8.10. The van der Waals surface area contributed by atoms with Gasteiger partial charge in [-0.2, -0.15) is 0 Å². The third kappa shape index (κ3) is 2.59. The third-order valence-corrected chi connectivity index (χ3v) is 6.87. The molecule has 3 rings (SSSR count). The van der Waals surface area contributed by atoms with Crippen molar-refractivity contribution in [2.45, 2.75) is 43.1 Å². The summed E-state index contributed by atoms with van der Waals surface area (Å²) >= 11 is 0. The molecular weight excluding hydrogens is 291 g/mol. The molecule has 1 aromatic rings. The maximum absolute atomic E-state index is 13.4. The van der Waals surface area contributed by atoms with Gasteiger partial charge >= 0.3 is 0 Å². The Morgan fingerprint density at radius 3 is 2.86 bits per heavy atom. The molecule has 21 heavy (non-hydrogen) atoms. The minimum Gasteiger partial charge on any atom is -0.493 e. The normalized spacial score (nSPS) is 27.0. The number of rotatable bonds is 3. The first-order valence-corrected chi connectivity index (χ1v) is 8.99. The zero-order valence-electron chi connectivity index (χ0n) is 12.0. The average molecular weight is 310 g/mol. The number of fused-ring (bicyclic) bond motifs is 2. The number of hydrogen-bond donors (Lipinski definition) is 0. The van der Waals surface area contributed by atoms with Crippen molar-refractivity contribution < 1.29 is 17.5 Å². The van der Waals surface area contributed by atoms with Gasteiger partial charge in [0.1, 0.15) is 11.6 Å². The fourth-order valence-electron chi connectivity index (χ4n) is 3.29. The minimum atomic E-state index is -3.03. The first-order chi connectivity index (χ1) is 10.0. The monoisotopic (exact) mass is 310 g/mol.